The monoisotopic (exact) mass is 253 g/mol. The van der Waals surface area contributed by atoms with E-state index in [1.54, 1.807) is 18.4 Å². The fourth-order valence-corrected chi connectivity index (χ4v) is 2.79. The zero-order chi connectivity index (χ0) is 12.5. The van der Waals surface area contributed by atoms with Gasteiger partial charge >= 0.3 is 0 Å². The number of rotatable bonds is 4. The molecule has 0 amide bonds. The van der Waals surface area contributed by atoms with Crippen molar-refractivity contribution in [3.8, 4) is 0 Å². The van der Waals surface area contributed by atoms with Crippen LogP contribution in [0.15, 0.2) is 22.5 Å². The Morgan fingerprint density at radius 2 is 2.47 bits per heavy atom. The maximum absolute atomic E-state index is 5.99. The van der Waals surface area contributed by atoms with Gasteiger partial charge in [0.2, 0.25) is 0 Å². The molecule has 2 atom stereocenters. The van der Waals surface area contributed by atoms with Crippen LogP contribution in [0.3, 0.4) is 0 Å². The summed E-state index contributed by atoms with van der Waals surface area (Å²) in [5.41, 5.74) is 5.84. The van der Waals surface area contributed by atoms with Gasteiger partial charge < -0.3 is 15.4 Å². The molecule has 2 unspecified atom stereocenters. The molecule has 0 saturated carbocycles. The maximum Gasteiger partial charge on any atom is 0.192 e. The lowest BCUT2D eigenvalue weighted by atomic mass is 9.94. The maximum atomic E-state index is 5.99. The van der Waals surface area contributed by atoms with Crippen molar-refractivity contribution in [2.24, 2.45) is 10.7 Å². The van der Waals surface area contributed by atoms with E-state index in [1.807, 2.05) is 0 Å². The largest absolute Gasteiger partial charge is 0.379 e. The van der Waals surface area contributed by atoms with Gasteiger partial charge in [0, 0.05) is 12.0 Å². The van der Waals surface area contributed by atoms with E-state index < -0.39 is 0 Å². The van der Waals surface area contributed by atoms with Crippen molar-refractivity contribution < 1.29 is 4.74 Å². The second-order valence-electron chi connectivity index (χ2n) is 4.58. The van der Waals surface area contributed by atoms with E-state index in [2.05, 4.69) is 41.3 Å². The average molecular weight is 253 g/mol. The van der Waals surface area contributed by atoms with Gasteiger partial charge in [-0.3, -0.25) is 4.99 Å². The Labute approximate surface area is 106 Å². The first-order valence-corrected chi connectivity index (χ1v) is 6.58. The Hall–Kier alpha value is -1.07. The highest BCUT2D eigenvalue weighted by Crippen LogP contribution is 2.29. The third-order valence-corrected chi connectivity index (χ3v) is 4.44. The van der Waals surface area contributed by atoms with Gasteiger partial charge in [-0.25, -0.2) is 0 Å². The molecule has 2 heterocycles. The third-order valence-electron chi connectivity index (χ3n) is 3.58. The first-order chi connectivity index (χ1) is 8.08. The SMILES string of the molecule is COC(C)C1(C)CN=C(N)N1Cc1cccs1. The van der Waals surface area contributed by atoms with Crippen LogP contribution in [0.4, 0.5) is 0 Å². The van der Waals surface area contributed by atoms with Crippen molar-refractivity contribution in [1.29, 1.82) is 0 Å². The fourth-order valence-electron chi connectivity index (χ4n) is 2.10. The Bertz CT molecular complexity index is 404. The van der Waals surface area contributed by atoms with Gasteiger partial charge in [-0.2, -0.15) is 0 Å². The normalized spacial score (nSPS) is 26.1. The minimum atomic E-state index is -0.150. The van der Waals surface area contributed by atoms with E-state index in [0.717, 1.165) is 6.54 Å². The minimum absolute atomic E-state index is 0.0901. The Kier molecular flexibility index (Phi) is 3.40. The summed E-state index contributed by atoms with van der Waals surface area (Å²) < 4.78 is 5.47. The molecular weight excluding hydrogens is 234 g/mol. The predicted molar refractivity (Wildman–Crippen MR) is 71.2 cm³/mol. The third kappa shape index (κ3) is 2.17. The zero-order valence-corrected chi connectivity index (χ0v) is 11.3. The first-order valence-electron chi connectivity index (χ1n) is 5.70. The van der Waals surface area contributed by atoms with E-state index in [4.69, 9.17) is 10.5 Å². The molecule has 4 nitrogen and oxygen atoms in total. The molecule has 94 valence electrons. The Morgan fingerprint density at radius 1 is 1.71 bits per heavy atom. The number of nitrogens with zero attached hydrogens (tertiary/aromatic N) is 2. The zero-order valence-electron chi connectivity index (χ0n) is 10.5. The lowest BCUT2D eigenvalue weighted by Crippen LogP contribution is -2.55. The lowest BCUT2D eigenvalue weighted by Gasteiger charge is -2.39. The summed E-state index contributed by atoms with van der Waals surface area (Å²) in [5.74, 6) is 0.616. The van der Waals surface area contributed by atoms with Gasteiger partial charge in [0.1, 0.15) is 0 Å². The highest BCUT2D eigenvalue weighted by molar-refractivity contribution is 7.09. The second-order valence-corrected chi connectivity index (χ2v) is 5.61. The van der Waals surface area contributed by atoms with E-state index in [-0.39, 0.29) is 11.6 Å². The predicted octanol–water partition coefficient (Wildman–Crippen LogP) is 1.67. The average Bonchev–Trinajstić information content (AvgIpc) is 2.92. The molecule has 1 aromatic heterocycles. The first kappa shape index (κ1) is 12.4. The summed E-state index contributed by atoms with van der Waals surface area (Å²) in [5, 5.41) is 2.08. The molecule has 0 spiro atoms. The van der Waals surface area contributed by atoms with E-state index >= 15 is 0 Å². The summed E-state index contributed by atoms with van der Waals surface area (Å²) in [6.45, 7) is 5.71. The van der Waals surface area contributed by atoms with Crippen LogP contribution in [-0.2, 0) is 11.3 Å². The van der Waals surface area contributed by atoms with Crippen molar-refractivity contribution in [3.63, 3.8) is 0 Å². The number of hydrogen-bond acceptors (Lipinski definition) is 5. The van der Waals surface area contributed by atoms with Crippen LogP contribution < -0.4 is 5.73 Å². The van der Waals surface area contributed by atoms with Gasteiger partial charge in [0.05, 0.1) is 24.7 Å². The number of guanidine groups is 1. The number of nitrogens with two attached hydrogens (primary N) is 1. The molecule has 0 bridgehead atoms. The molecule has 1 aliphatic heterocycles. The van der Waals surface area contributed by atoms with Gasteiger partial charge in [0.25, 0.3) is 0 Å². The van der Waals surface area contributed by atoms with Gasteiger partial charge in [0.15, 0.2) is 5.96 Å². The molecule has 5 heteroatoms. The Morgan fingerprint density at radius 3 is 3.06 bits per heavy atom. The van der Waals surface area contributed by atoms with Crippen LogP contribution in [0.5, 0.6) is 0 Å². The summed E-state index contributed by atoms with van der Waals surface area (Å²) in [4.78, 5) is 7.80. The number of ether oxygens (including phenoxy) is 1. The van der Waals surface area contributed by atoms with Crippen LogP contribution in [0.2, 0.25) is 0 Å². The topological polar surface area (TPSA) is 50.9 Å². The molecule has 2 N–H and O–H groups in total. The van der Waals surface area contributed by atoms with Crippen LogP contribution in [0, 0.1) is 0 Å². The molecule has 2 rings (SSSR count). The van der Waals surface area contributed by atoms with Crippen molar-refractivity contribution in [3.05, 3.63) is 22.4 Å². The Balaban J connectivity index is 2.19. The second kappa shape index (κ2) is 4.66. The molecule has 0 aliphatic carbocycles. The van der Waals surface area contributed by atoms with Crippen LogP contribution in [0.1, 0.15) is 18.7 Å². The summed E-state index contributed by atoms with van der Waals surface area (Å²) in [6, 6.07) is 4.18. The smallest absolute Gasteiger partial charge is 0.192 e. The summed E-state index contributed by atoms with van der Waals surface area (Å²) >= 11 is 1.74. The molecule has 1 aromatic rings. The molecule has 0 radical (unpaired) electrons. The van der Waals surface area contributed by atoms with Gasteiger partial charge in [-0.05, 0) is 25.3 Å². The molecule has 1 aliphatic rings. The number of aliphatic imine (C=N–C) groups is 1. The quantitative estimate of drug-likeness (QED) is 0.888. The highest BCUT2D eigenvalue weighted by Gasteiger charge is 2.42. The summed E-state index contributed by atoms with van der Waals surface area (Å²) in [7, 11) is 1.73. The van der Waals surface area contributed by atoms with Crippen LogP contribution in [-0.4, -0.2) is 36.2 Å². The molecule has 0 aromatic carbocycles. The van der Waals surface area contributed by atoms with Crippen LogP contribution in [0.25, 0.3) is 0 Å². The van der Waals surface area contributed by atoms with Gasteiger partial charge in [-0.15, -0.1) is 11.3 Å². The van der Waals surface area contributed by atoms with E-state index in [1.165, 1.54) is 4.88 Å². The van der Waals surface area contributed by atoms with Crippen molar-refractivity contribution in [1.82, 2.24) is 4.90 Å². The number of thiophene rings is 1. The lowest BCUT2D eigenvalue weighted by molar-refractivity contribution is 0.00465. The van der Waals surface area contributed by atoms with Crippen molar-refractivity contribution in [2.75, 3.05) is 13.7 Å². The molecule has 0 fully saturated rings. The molecule has 17 heavy (non-hydrogen) atoms. The van der Waals surface area contributed by atoms with E-state index in [9.17, 15) is 0 Å². The van der Waals surface area contributed by atoms with Gasteiger partial charge in [-0.1, -0.05) is 6.07 Å². The highest BCUT2D eigenvalue weighted by atomic mass is 32.1. The van der Waals surface area contributed by atoms with E-state index in [0.29, 0.717) is 12.5 Å². The molecular formula is C12H19N3OS. The van der Waals surface area contributed by atoms with Crippen LogP contribution >= 0.6 is 11.3 Å². The molecule has 0 saturated heterocycles. The standard InChI is InChI=1S/C12H19N3OS/c1-9(16-3)12(2)8-14-11(13)15(12)7-10-5-4-6-17-10/h4-6,9H,7-8H2,1-3H3,(H2,13,14). The fraction of sp³-hybridized carbons (Fsp3) is 0.583. The summed E-state index contributed by atoms with van der Waals surface area (Å²) in [6.07, 6.45) is 0.0901. The number of hydrogen-bond donors (Lipinski definition) is 1. The van der Waals surface area contributed by atoms with Crippen molar-refractivity contribution in [2.45, 2.75) is 32.0 Å². The minimum Gasteiger partial charge on any atom is -0.379 e. The van der Waals surface area contributed by atoms with Crippen molar-refractivity contribution >= 4 is 17.3 Å². The number of methoxy groups -OCH3 is 1.